The Balaban J connectivity index is 2.01. The first-order chi connectivity index (χ1) is 8.26. The molecule has 1 saturated heterocycles. The molecule has 1 heterocycles. The number of amides is 1. The molecule has 0 aromatic heterocycles. The van der Waals surface area contributed by atoms with Gasteiger partial charge in [-0.25, -0.2) is 0 Å². The highest BCUT2D eigenvalue weighted by Gasteiger charge is 2.31. The van der Waals surface area contributed by atoms with Gasteiger partial charge in [-0.2, -0.15) is 5.26 Å². The molecule has 0 aromatic carbocycles. The van der Waals surface area contributed by atoms with Crippen molar-refractivity contribution in [2.75, 3.05) is 37.0 Å². The molecule has 0 aliphatic carbocycles. The lowest BCUT2D eigenvalue weighted by molar-refractivity contribution is -0.125. The van der Waals surface area contributed by atoms with Crippen LogP contribution in [0.5, 0.6) is 0 Å². The number of rotatable bonds is 7. The van der Waals surface area contributed by atoms with Crippen LogP contribution in [0.2, 0.25) is 0 Å². The molecule has 2 atom stereocenters. The highest BCUT2D eigenvalue weighted by molar-refractivity contribution is 7.97. The number of ether oxygens (including phenoxy) is 1. The molecule has 1 N–H and O–H groups in total. The second kappa shape index (κ2) is 8.37. The second-order valence-electron chi connectivity index (χ2n) is 4.24. The highest BCUT2D eigenvalue weighted by atomic mass is 32.2. The van der Waals surface area contributed by atoms with E-state index in [1.165, 1.54) is 17.9 Å². The molecular weight excluding hydrogens is 236 g/mol. The third-order valence-electron chi connectivity index (χ3n) is 2.83. The standard InChI is InChI=1S/C12H20N2O2S/c1-2-14-12(15)9-16-6-3-11-4-7-17(10-11)8-5-13/h11H,2-4,6-10H2,1H3/p+1. The minimum Gasteiger partial charge on any atom is -0.372 e. The number of nitriles is 1. The van der Waals surface area contributed by atoms with E-state index in [-0.39, 0.29) is 12.5 Å². The van der Waals surface area contributed by atoms with Crippen molar-refractivity contribution in [3.63, 3.8) is 0 Å². The van der Waals surface area contributed by atoms with Gasteiger partial charge in [0.15, 0.2) is 5.75 Å². The summed E-state index contributed by atoms with van der Waals surface area (Å²) in [7, 11) is 0.329. The Hall–Kier alpha value is -0.730. The Labute approximate surface area is 106 Å². The predicted octanol–water partition coefficient (Wildman–Crippen LogP) is 0.691. The Morgan fingerprint density at radius 3 is 3.18 bits per heavy atom. The van der Waals surface area contributed by atoms with Gasteiger partial charge in [-0.1, -0.05) is 0 Å². The van der Waals surface area contributed by atoms with Crippen molar-refractivity contribution in [1.82, 2.24) is 5.32 Å². The van der Waals surface area contributed by atoms with Gasteiger partial charge in [0.2, 0.25) is 5.91 Å². The van der Waals surface area contributed by atoms with Gasteiger partial charge < -0.3 is 10.1 Å². The van der Waals surface area contributed by atoms with Gasteiger partial charge in [0, 0.05) is 30.0 Å². The SMILES string of the molecule is CCNC(=O)COCCC1CC[S+](CC#N)C1. The minimum atomic E-state index is -0.0387. The van der Waals surface area contributed by atoms with E-state index in [0.717, 1.165) is 12.2 Å². The van der Waals surface area contributed by atoms with Crippen LogP contribution in [0.15, 0.2) is 0 Å². The molecule has 0 saturated carbocycles. The quantitative estimate of drug-likeness (QED) is 0.539. The largest absolute Gasteiger partial charge is 0.372 e. The zero-order valence-electron chi connectivity index (χ0n) is 10.4. The van der Waals surface area contributed by atoms with Crippen molar-refractivity contribution >= 4 is 16.8 Å². The first kappa shape index (κ1) is 14.3. The van der Waals surface area contributed by atoms with Gasteiger partial charge in [-0.3, -0.25) is 4.79 Å². The first-order valence-corrected chi connectivity index (χ1v) is 7.85. The summed E-state index contributed by atoms with van der Waals surface area (Å²) in [5.74, 6) is 3.76. The molecule has 1 amide bonds. The van der Waals surface area contributed by atoms with Crippen molar-refractivity contribution in [3.05, 3.63) is 0 Å². The van der Waals surface area contributed by atoms with Gasteiger partial charge in [0.25, 0.3) is 0 Å². The van der Waals surface area contributed by atoms with Crippen molar-refractivity contribution in [2.45, 2.75) is 19.8 Å². The molecule has 1 rings (SSSR count). The average Bonchev–Trinajstić information content (AvgIpc) is 2.73. The number of likely N-dealkylation sites (N-methyl/N-ethyl adjacent to an activating group) is 1. The van der Waals surface area contributed by atoms with Gasteiger partial charge in [-0.15, -0.1) is 0 Å². The second-order valence-corrected chi connectivity index (χ2v) is 6.49. The van der Waals surface area contributed by atoms with E-state index in [1.807, 2.05) is 6.92 Å². The molecule has 96 valence electrons. The summed E-state index contributed by atoms with van der Waals surface area (Å²) in [6.45, 7) is 3.38. The minimum absolute atomic E-state index is 0.0387. The van der Waals surface area contributed by atoms with Crippen LogP contribution in [0.4, 0.5) is 0 Å². The maximum atomic E-state index is 11.1. The molecule has 5 heteroatoms. The molecule has 0 spiro atoms. The lowest BCUT2D eigenvalue weighted by Crippen LogP contribution is -2.27. The highest BCUT2D eigenvalue weighted by Crippen LogP contribution is 2.23. The van der Waals surface area contributed by atoms with E-state index in [1.54, 1.807) is 0 Å². The van der Waals surface area contributed by atoms with Crippen LogP contribution in [-0.2, 0) is 20.4 Å². The third kappa shape index (κ3) is 5.94. The van der Waals surface area contributed by atoms with Crippen molar-refractivity contribution in [2.24, 2.45) is 5.92 Å². The zero-order valence-corrected chi connectivity index (χ0v) is 11.2. The fourth-order valence-electron chi connectivity index (χ4n) is 1.95. The molecule has 17 heavy (non-hydrogen) atoms. The average molecular weight is 257 g/mol. The summed E-state index contributed by atoms with van der Waals surface area (Å²) in [6, 6.07) is 2.25. The van der Waals surface area contributed by atoms with E-state index < -0.39 is 0 Å². The fraction of sp³-hybridized carbons (Fsp3) is 0.833. The van der Waals surface area contributed by atoms with Crippen molar-refractivity contribution in [1.29, 1.82) is 5.26 Å². The smallest absolute Gasteiger partial charge is 0.245 e. The van der Waals surface area contributed by atoms with Crippen LogP contribution in [0, 0.1) is 17.2 Å². The monoisotopic (exact) mass is 257 g/mol. The summed E-state index contributed by atoms with van der Waals surface area (Å²) in [6.07, 6.45) is 2.24. The van der Waals surface area contributed by atoms with Crippen LogP contribution < -0.4 is 5.32 Å². The molecular formula is C12H21N2O2S+. The summed E-state index contributed by atoms with van der Waals surface area (Å²) in [5, 5.41) is 11.3. The molecule has 0 bridgehead atoms. The Morgan fingerprint density at radius 1 is 1.65 bits per heavy atom. The Morgan fingerprint density at radius 2 is 2.47 bits per heavy atom. The van der Waals surface area contributed by atoms with Gasteiger partial charge in [0.05, 0.1) is 0 Å². The third-order valence-corrected chi connectivity index (χ3v) is 5.13. The molecule has 1 aliphatic rings. The number of hydrogen-bond donors (Lipinski definition) is 1. The number of nitrogens with one attached hydrogen (secondary N) is 1. The van der Waals surface area contributed by atoms with Crippen LogP contribution >= 0.6 is 0 Å². The van der Waals surface area contributed by atoms with Crippen molar-refractivity contribution < 1.29 is 9.53 Å². The summed E-state index contributed by atoms with van der Waals surface area (Å²) >= 11 is 0. The van der Waals surface area contributed by atoms with E-state index in [0.29, 0.717) is 30.0 Å². The molecule has 0 radical (unpaired) electrons. The van der Waals surface area contributed by atoms with Gasteiger partial charge in [0.1, 0.15) is 24.2 Å². The maximum Gasteiger partial charge on any atom is 0.245 e. The number of carbonyl (C=O) groups excluding carboxylic acids is 1. The van der Waals surface area contributed by atoms with E-state index in [2.05, 4.69) is 11.4 Å². The van der Waals surface area contributed by atoms with Crippen LogP contribution in [0.1, 0.15) is 19.8 Å². The molecule has 0 aromatic rings. The van der Waals surface area contributed by atoms with Gasteiger partial charge in [-0.05, 0) is 19.8 Å². The van der Waals surface area contributed by atoms with Gasteiger partial charge >= 0.3 is 0 Å². The number of nitrogens with zero attached hydrogens (tertiary/aromatic N) is 1. The zero-order chi connectivity index (χ0) is 12.5. The first-order valence-electron chi connectivity index (χ1n) is 6.11. The van der Waals surface area contributed by atoms with Crippen LogP contribution in [-0.4, -0.2) is 42.9 Å². The van der Waals surface area contributed by atoms with Crippen molar-refractivity contribution in [3.8, 4) is 6.07 Å². The van der Waals surface area contributed by atoms with Crippen LogP contribution in [0.25, 0.3) is 0 Å². The lowest BCUT2D eigenvalue weighted by Gasteiger charge is -2.07. The van der Waals surface area contributed by atoms with Crippen LogP contribution in [0.3, 0.4) is 0 Å². The maximum absolute atomic E-state index is 11.1. The summed E-state index contributed by atoms with van der Waals surface area (Å²) in [5.41, 5.74) is 0. The molecule has 4 nitrogen and oxygen atoms in total. The normalized spacial score (nSPS) is 23.3. The fourth-order valence-corrected chi connectivity index (χ4v) is 4.22. The van der Waals surface area contributed by atoms with E-state index in [4.69, 9.17) is 10.00 Å². The van der Waals surface area contributed by atoms with E-state index >= 15 is 0 Å². The molecule has 1 aliphatic heterocycles. The van der Waals surface area contributed by atoms with E-state index in [9.17, 15) is 4.79 Å². The Kier molecular flexibility index (Phi) is 7.06. The predicted molar refractivity (Wildman–Crippen MR) is 69.8 cm³/mol. The number of hydrogen-bond acceptors (Lipinski definition) is 3. The topological polar surface area (TPSA) is 62.1 Å². The summed E-state index contributed by atoms with van der Waals surface area (Å²) in [4.78, 5) is 11.1. The summed E-state index contributed by atoms with van der Waals surface area (Å²) < 4.78 is 5.33. The molecule has 1 fully saturated rings. The Bertz CT molecular complexity index is 278. The lowest BCUT2D eigenvalue weighted by atomic mass is 10.1. The number of carbonyl (C=O) groups is 1. The molecule has 2 unspecified atom stereocenters.